The Bertz CT molecular complexity index is 477. The molecule has 0 aliphatic rings. The fourth-order valence-electron chi connectivity index (χ4n) is 2.05. The Hall–Kier alpha value is -1.62. The molecule has 1 rings (SSSR count). The topological polar surface area (TPSA) is 58.4 Å². The summed E-state index contributed by atoms with van der Waals surface area (Å²) in [4.78, 5) is 14.1. The average Bonchev–Trinajstić information content (AvgIpc) is 2.41. The van der Waals surface area contributed by atoms with Crippen LogP contribution in [0.5, 0.6) is 0 Å². The Morgan fingerprint density at radius 1 is 1.38 bits per heavy atom. The van der Waals surface area contributed by atoms with Crippen LogP contribution >= 0.6 is 0 Å². The maximum Gasteiger partial charge on any atom is 0.224 e. The van der Waals surface area contributed by atoms with Gasteiger partial charge in [0.1, 0.15) is 5.82 Å². The first-order valence-electron chi connectivity index (χ1n) is 7.36. The van der Waals surface area contributed by atoms with E-state index in [0.717, 1.165) is 13.0 Å². The van der Waals surface area contributed by atoms with Gasteiger partial charge in [-0.2, -0.15) is 0 Å². The number of nitrogens with zero attached hydrogens (tertiary/aromatic N) is 1. The molecule has 0 radical (unpaired) electrons. The zero-order valence-corrected chi connectivity index (χ0v) is 13.3. The van der Waals surface area contributed by atoms with Gasteiger partial charge in [-0.25, -0.2) is 4.39 Å². The molecule has 3 N–H and O–H groups in total. The summed E-state index contributed by atoms with van der Waals surface area (Å²) in [5, 5.41) is 2.56. The zero-order chi connectivity index (χ0) is 16.0. The number of hydrogen-bond acceptors (Lipinski definition) is 3. The molecule has 0 bridgehead atoms. The van der Waals surface area contributed by atoms with Crippen molar-refractivity contribution in [1.82, 2.24) is 4.90 Å². The van der Waals surface area contributed by atoms with Crippen LogP contribution in [0.1, 0.15) is 33.6 Å². The van der Waals surface area contributed by atoms with Gasteiger partial charge in [-0.15, -0.1) is 0 Å². The lowest BCUT2D eigenvalue weighted by Crippen LogP contribution is -2.34. The summed E-state index contributed by atoms with van der Waals surface area (Å²) in [5.74, 6) is -0.0848. The molecule has 0 aliphatic heterocycles. The molecule has 0 spiro atoms. The Morgan fingerprint density at radius 2 is 2.05 bits per heavy atom. The van der Waals surface area contributed by atoms with E-state index in [1.165, 1.54) is 18.2 Å². The first kappa shape index (κ1) is 17.4. The molecule has 0 aromatic heterocycles. The van der Waals surface area contributed by atoms with E-state index in [-0.39, 0.29) is 11.6 Å². The number of rotatable bonds is 7. The van der Waals surface area contributed by atoms with Gasteiger partial charge in [-0.1, -0.05) is 13.8 Å². The second kappa shape index (κ2) is 7.98. The van der Waals surface area contributed by atoms with Crippen LogP contribution in [0, 0.1) is 11.7 Å². The van der Waals surface area contributed by atoms with Crippen molar-refractivity contribution < 1.29 is 9.18 Å². The standard InChI is InChI=1S/C16H26FN3O/c1-11(2)12(3)20(4)9-5-6-16(21)19-15-10-13(18)7-8-14(15)17/h7-8,10-12H,5-6,9,18H2,1-4H3,(H,19,21). The van der Waals surface area contributed by atoms with E-state index in [1.807, 2.05) is 0 Å². The fourth-order valence-corrected chi connectivity index (χ4v) is 2.05. The quantitative estimate of drug-likeness (QED) is 0.760. The van der Waals surface area contributed by atoms with E-state index in [4.69, 9.17) is 5.73 Å². The highest BCUT2D eigenvalue weighted by Crippen LogP contribution is 2.17. The van der Waals surface area contributed by atoms with Gasteiger partial charge in [0.25, 0.3) is 0 Å². The highest BCUT2D eigenvalue weighted by molar-refractivity contribution is 5.91. The minimum absolute atomic E-state index is 0.143. The molecule has 1 aromatic carbocycles. The Morgan fingerprint density at radius 3 is 2.67 bits per heavy atom. The lowest BCUT2D eigenvalue weighted by atomic mass is 10.1. The number of anilines is 2. The lowest BCUT2D eigenvalue weighted by Gasteiger charge is -2.27. The lowest BCUT2D eigenvalue weighted by molar-refractivity contribution is -0.116. The van der Waals surface area contributed by atoms with Crippen LogP contribution < -0.4 is 11.1 Å². The zero-order valence-electron chi connectivity index (χ0n) is 13.3. The summed E-state index contributed by atoms with van der Waals surface area (Å²) in [7, 11) is 2.06. The molecule has 1 atom stereocenters. The van der Waals surface area contributed by atoms with Crippen LogP contribution in [-0.2, 0) is 4.79 Å². The third-order valence-corrected chi connectivity index (χ3v) is 3.84. The second-order valence-corrected chi connectivity index (χ2v) is 5.86. The van der Waals surface area contributed by atoms with Crippen molar-refractivity contribution in [3.63, 3.8) is 0 Å². The van der Waals surface area contributed by atoms with Gasteiger partial charge in [0, 0.05) is 18.2 Å². The first-order chi connectivity index (χ1) is 9.81. The van der Waals surface area contributed by atoms with E-state index < -0.39 is 5.82 Å². The molecule has 0 aliphatic carbocycles. The van der Waals surface area contributed by atoms with Crippen molar-refractivity contribution in [3.8, 4) is 0 Å². The van der Waals surface area contributed by atoms with E-state index in [2.05, 4.69) is 38.0 Å². The van der Waals surface area contributed by atoms with E-state index in [9.17, 15) is 9.18 Å². The average molecular weight is 295 g/mol. The molecule has 118 valence electrons. The predicted octanol–water partition coefficient (Wildman–Crippen LogP) is 3.10. The van der Waals surface area contributed by atoms with Crippen molar-refractivity contribution in [3.05, 3.63) is 24.0 Å². The summed E-state index contributed by atoms with van der Waals surface area (Å²) in [5.41, 5.74) is 6.15. The van der Waals surface area contributed by atoms with Crippen molar-refractivity contribution in [2.45, 2.75) is 39.7 Å². The first-order valence-corrected chi connectivity index (χ1v) is 7.36. The number of benzene rings is 1. The van der Waals surface area contributed by atoms with Crippen molar-refractivity contribution in [2.75, 3.05) is 24.6 Å². The SMILES string of the molecule is CC(C)C(C)N(C)CCCC(=O)Nc1cc(N)ccc1F. The minimum Gasteiger partial charge on any atom is -0.399 e. The van der Waals surface area contributed by atoms with Crippen molar-refractivity contribution in [1.29, 1.82) is 0 Å². The van der Waals surface area contributed by atoms with Gasteiger partial charge >= 0.3 is 0 Å². The van der Waals surface area contributed by atoms with E-state index in [1.54, 1.807) is 0 Å². The largest absolute Gasteiger partial charge is 0.399 e. The van der Waals surface area contributed by atoms with Crippen molar-refractivity contribution in [2.24, 2.45) is 5.92 Å². The number of carbonyl (C=O) groups excluding carboxylic acids is 1. The fraction of sp³-hybridized carbons (Fsp3) is 0.562. The van der Waals surface area contributed by atoms with Crippen LogP contribution in [0.15, 0.2) is 18.2 Å². The van der Waals surface area contributed by atoms with E-state index in [0.29, 0.717) is 24.1 Å². The number of halogens is 1. The maximum absolute atomic E-state index is 13.5. The van der Waals surface area contributed by atoms with Crippen LogP contribution in [0.2, 0.25) is 0 Å². The predicted molar refractivity (Wildman–Crippen MR) is 85.6 cm³/mol. The number of amides is 1. The number of nitrogens with one attached hydrogen (secondary N) is 1. The number of nitrogens with two attached hydrogens (primary N) is 1. The molecular weight excluding hydrogens is 269 g/mol. The highest BCUT2D eigenvalue weighted by atomic mass is 19.1. The van der Waals surface area contributed by atoms with Crippen LogP contribution in [0.4, 0.5) is 15.8 Å². The van der Waals surface area contributed by atoms with Gasteiger partial charge in [0.05, 0.1) is 5.69 Å². The van der Waals surface area contributed by atoms with Gasteiger partial charge in [-0.3, -0.25) is 4.79 Å². The molecular formula is C16H26FN3O. The highest BCUT2D eigenvalue weighted by Gasteiger charge is 2.13. The number of hydrogen-bond donors (Lipinski definition) is 2. The maximum atomic E-state index is 13.5. The second-order valence-electron chi connectivity index (χ2n) is 5.86. The van der Waals surface area contributed by atoms with Gasteiger partial charge in [0.15, 0.2) is 0 Å². The molecule has 1 unspecified atom stereocenters. The minimum atomic E-state index is -0.469. The molecule has 0 saturated carbocycles. The van der Waals surface area contributed by atoms with Gasteiger partial charge in [0.2, 0.25) is 5.91 Å². The smallest absolute Gasteiger partial charge is 0.224 e. The molecule has 0 saturated heterocycles. The summed E-state index contributed by atoms with van der Waals surface area (Å²) in [6.45, 7) is 7.37. The monoisotopic (exact) mass is 295 g/mol. The Kier molecular flexibility index (Phi) is 6.62. The van der Waals surface area contributed by atoms with Gasteiger partial charge < -0.3 is 16.0 Å². The van der Waals surface area contributed by atoms with Crippen LogP contribution in [0.3, 0.4) is 0 Å². The molecule has 4 nitrogen and oxygen atoms in total. The Balaban J connectivity index is 2.39. The molecule has 21 heavy (non-hydrogen) atoms. The van der Waals surface area contributed by atoms with Crippen LogP contribution in [0.25, 0.3) is 0 Å². The number of nitrogen functional groups attached to an aromatic ring is 1. The van der Waals surface area contributed by atoms with Crippen LogP contribution in [-0.4, -0.2) is 30.4 Å². The summed E-state index contributed by atoms with van der Waals surface area (Å²) in [6, 6.07) is 4.62. The molecule has 1 amide bonds. The number of carbonyl (C=O) groups is 1. The third kappa shape index (κ3) is 5.71. The molecule has 5 heteroatoms. The molecule has 0 fully saturated rings. The Labute approximate surface area is 126 Å². The molecule has 0 heterocycles. The third-order valence-electron chi connectivity index (χ3n) is 3.84. The van der Waals surface area contributed by atoms with Gasteiger partial charge in [-0.05, 0) is 51.1 Å². The van der Waals surface area contributed by atoms with Crippen molar-refractivity contribution >= 4 is 17.3 Å². The summed E-state index contributed by atoms with van der Waals surface area (Å²) >= 11 is 0. The normalized spacial score (nSPS) is 12.7. The summed E-state index contributed by atoms with van der Waals surface area (Å²) in [6.07, 6.45) is 1.10. The molecule has 1 aromatic rings. The summed E-state index contributed by atoms with van der Waals surface area (Å²) < 4.78 is 13.5. The van der Waals surface area contributed by atoms with E-state index >= 15 is 0 Å².